The summed E-state index contributed by atoms with van der Waals surface area (Å²) in [5.74, 6) is -2.19. The maximum absolute atomic E-state index is 12.9. The third-order valence-corrected chi connectivity index (χ3v) is 5.61. The first kappa shape index (κ1) is 19.7. The van der Waals surface area contributed by atoms with Crippen LogP contribution in [0.25, 0.3) is 5.76 Å². The third kappa shape index (κ3) is 3.34. The molecule has 1 saturated heterocycles. The van der Waals surface area contributed by atoms with E-state index in [2.05, 4.69) is 4.98 Å². The number of Topliss-reactive ketones (excluding diaryl/α,β-unsaturated/α-hetero) is 1. The van der Waals surface area contributed by atoms with E-state index in [4.69, 9.17) is 11.6 Å². The summed E-state index contributed by atoms with van der Waals surface area (Å²) in [5, 5.41) is 24.5. The van der Waals surface area contributed by atoms with Gasteiger partial charge in [-0.15, -0.1) is 11.3 Å². The fourth-order valence-corrected chi connectivity index (χ4v) is 4.04. The summed E-state index contributed by atoms with van der Waals surface area (Å²) in [4.78, 5) is 41.7. The van der Waals surface area contributed by atoms with Crippen LogP contribution in [0.1, 0.15) is 17.2 Å². The van der Waals surface area contributed by atoms with Crippen LogP contribution in [-0.2, 0) is 9.59 Å². The van der Waals surface area contributed by atoms with Crippen LogP contribution in [0.15, 0.2) is 65.7 Å². The molecule has 1 unspecified atom stereocenters. The van der Waals surface area contributed by atoms with Gasteiger partial charge >= 0.3 is 5.91 Å². The molecular formula is C20H12ClN3O5S. The van der Waals surface area contributed by atoms with Crippen LogP contribution >= 0.6 is 22.9 Å². The lowest BCUT2D eigenvalue weighted by Gasteiger charge is -2.22. The summed E-state index contributed by atoms with van der Waals surface area (Å²) in [6.45, 7) is 0. The van der Waals surface area contributed by atoms with E-state index in [9.17, 15) is 24.8 Å². The number of benzene rings is 2. The van der Waals surface area contributed by atoms with E-state index in [-0.39, 0.29) is 22.0 Å². The predicted molar refractivity (Wildman–Crippen MR) is 111 cm³/mol. The number of nitro groups is 1. The van der Waals surface area contributed by atoms with Gasteiger partial charge in [0, 0.05) is 34.3 Å². The number of thiazole rings is 1. The number of nitrogens with zero attached hydrogens (tertiary/aromatic N) is 3. The molecule has 1 aliphatic heterocycles. The minimum Gasteiger partial charge on any atom is -0.507 e. The first-order valence-corrected chi connectivity index (χ1v) is 9.85. The van der Waals surface area contributed by atoms with Gasteiger partial charge in [0.05, 0.1) is 16.5 Å². The van der Waals surface area contributed by atoms with Gasteiger partial charge in [0.25, 0.3) is 11.5 Å². The lowest BCUT2D eigenvalue weighted by molar-refractivity contribution is -0.384. The molecule has 2 heterocycles. The number of aliphatic hydroxyl groups is 1. The minimum atomic E-state index is -1.08. The number of hydrogen-bond donors (Lipinski definition) is 1. The van der Waals surface area contributed by atoms with E-state index in [1.54, 1.807) is 11.4 Å². The van der Waals surface area contributed by atoms with Crippen LogP contribution < -0.4 is 4.90 Å². The quantitative estimate of drug-likeness (QED) is 0.212. The molecule has 0 saturated carbocycles. The molecule has 1 fully saturated rings. The highest BCUT2D eigenvalue weighted by Crippen LogP contribution is 2.43. The lowest BCUT2D eigenvalue weighted by atomic mass is 9.95. The van der Waals surface area contributed by atoms with Gasteiger partial charge in [-0.05, 0) is 29.8 Å². The van der Waals surface area contributed by atoms with Gasteiger partial charge in [-0.3, -0.25) is 24.6 Å². The highest BCUT2D eigenvalue weighted by Gasteiger charge is 2.48. The first-order valence-electron chi connectivity index (χ1n) is 8.59. The molecule has 0 radical (unpaired) electrons. The highest BCUT2D eigenvalue weighted by atomic mass is 35.5. The van der Waals surface area contributed by atoms with Gasteiger partial charge in [0.2, 0.25) is 0 Å². The molecule has 8 nitrogen and oxygen atoms in total. The van der Waals surface area contributed by atoms with E-state index in [0.717, 1.165) is 16.2 Å². The van der Waals surface area contributed by atoms with E-state index >= 15 is 0 Å². The monoisotopic (exact) mass is 441 g/mol. The Morgan fingerprint density at radius 3 is 2.57 bits per heavy atom. The number of carbonyl (C=O) groups is 2. The van der Waals surface area contributed by atoms with Gasteiger partial charge in [-0.1, -0.05) is 23.7 Å². The van der Waals surface area contributed by atoms with Gasteiger partial charge in [-0.25, -0.2) is 4.98 Å². The van der Waals surface area contributed by atoms with Crippen molar-refractivity contribution in [2.24, 2.45) is 0 Å². The van der Waals surface area contributed by atoms with E-state index in [0.29, 0.717) is 10.6 Å². The second kappa shape index (κ2) is 7.69. The number of rotatable bonds is 4. The van der Waals surface area contributed by atoms with Crippen LogP contribution in [-0.4, -0.2) is 26.7 Å². The number of anilines is 1. The standard InChI is InChI=1S/C20H12ClN3O5S/c21-13-6-4-11(5-7-13)17(25)15-16(12-2-1-3-14(10-12)24(28)29)23(19(27)18(15)26)20-22-8-9-30-20/h1-10,16,25H/b17-15-. The average Bonchev–Trinajstić information content (AvgIpc) is 3.35. The van der Waals surface area contributed by atoms with Gasteiger partial charge in [0.15, 0.2) is 5.13 Å². The number of nitro benzene ring substituents is 1. The molecule has 1 amide bonds. The number of halogens is 1. The largest absolute Gasteiger partial charge is 0.507 e. The number of non-ortho nitro benzene ring substituents is 1. The Kier molecular flexibility index (Phi) is 5.06. The zero-order chi connectivity index (χ0) is 21.4. The van der Waals surface area contributed by atoms with E-state index in [1.165, 1.54) is 48.7 Å². The molecule has 1 N–H and O–H groups in total. The Morgan fingerprint density at radius 1 is 1.20 bits per heavy atom. The number of aromatic nitrogens is 1. The van der Waals surface area contributed by atoms with Crippen molar-refractivity contribution in [3.63, 3.8) is 0 Å². The number of ketones is 1. The molecule has 1 aliphatic rings. The van der Waals surface area contributed by atoms with E-state index in [1.807, 2.05) is 0 Å². The van der Waals surface area contributed by atoms with Crippen LogP contribution in [0.3, 0.4) is 0 Å². The number of hydrogen-bond acceptors (Lipinski definition) is 7. The predicted octanol–water partition coefficient (Wildman–Crippen LogP) is 4.33. The minimum absolute atomic E-state index is 0.182. The molecule has 0 spiro atoms. The number of carbonyl (C=O) groups excluding carboxylic acids is 2. The van der Waals surface area contributed by atoms with Crippen molar-refractivity contribution < 1.29 is 19.6 Å². The SMILES string of the molecule is O=C1C(=O)N(c2nccs2)C(c2cccc([N+](=O)[O-])c2)/C1=C(/O)c1ccc(Cl)cc1. The zero-order valence-electron chi connectivity index (χ0n) is 15.1. The molecule has 1 atom stereocenters. The Morgan fingerprint density at radius 2 is 1.93 bits per heavy atom. The van der Waals surface area contributed by atoms with Crippen molar-refractivity contribution in [1.29, 1.82) is 0 Å². The molecule has 2 aromatic carbocycles. The molecule has 3 aromatic rings. The summed E-state index contributed by atoms with van der Waals surface area (Å²) in [6.07, 6.45) is 1.48. The summed E-state index contributed by atoms with van der Waals surface area (Å²) in [5.41, 5.74) is 0.197. The van der Waals surface area contributed by atoms with Crippen LogP contribution in [0, 0.1) is 10.1 Å². The van der Waals surface area contributed by atoms with Crippen molar-refractivity contribution in [1.82, 2.24) is 4.98 Å². The number of amides is 1. The van der Waals surface area contributed by atoms with Crippen LogP contribution in [0.2, 0.25) is 5.02 Å². The lowest BCUT2D eigenvalue weighted by Crippen LogP contribution is -2.29. The molecular weight excluding hydrogens is 430 g/mol. The normalized spacial score (nSPS) is 18.0. The van der Waals surface area contributed by atoms with Crippen LogP contribution in [0.5, 0.6) is 0 Å². The molecule has 150 valence electrons. The molecule has 30 heavy (non-hydrogen) atoms. The average molecular weight is 442 g/mol. The van der Waals surface area contributed by atoms with Crippen molar-refractivity contribution in [2.45, 2.75) is 6.04 Å². The Hall–Kier alpha value is -3.56. The Labute approximate surface area is 178 Å². The fraction of sp³-hybridized carbons (Fsp3) is 0.0500. The summed E-state index contributed by atoms with van der Waals surface area (Å²) >= 11 is 7.03. The molecule has 10 heteroatoms. The van der Waals surface area contributed by atoms with Gasteiger partial charge in [0.1, 0.15) is 5.76 Å². The summed E-state index contributed by atoms with van der Waals surface area (Å²) < 4.78 is 0. The highest BCUT2D eigenvalue weighted by molar-refractivity contribution is 7.14. The van der Waals surface area contributed by atoms with Crippen LogP contribution in [0.4, 0.5) is 10.8 Å². The second-order valence-electron chi connectivity index (χ2n) is 6.34. The number of aliphatic hydroxyl groups excluding tert-OH is 1. The first-order chi connectivity index (χ1) is 14.4. The molecule has 1 aromatic heterocycles. The zero-order valence-corrected chi connectivity index (χ0v) is 16.6. The van der Waals surface area contributed by atoms with Crippen molar-refractivity contribution in [3.05, 3.63) is 91.9 Å². The van der Waals surface area contributed by atoms with Crippen molar-refractivity contribution in [3.8, 4) is 0 Å². The Bertz CT molecular complexity index is 1190. The van der Waals surface area contributed by atoms with Crippen molar-refractivity contribution in [2.75, 3.05) is 4.90 Å². The smallest absolute Gasteiger partial charge is 0.301 e. The third-order valence-electron chi connectivity index (χ3n) is 4.58. The van der Waals surface area contributed by atoms with Crippen molar-refractivity contribution >= 4 is 51.2 Å². The van der Waals surface area contributed by atoms with Gasteiger partial charge in [-0.2, -0.15) is 0 Å². The Balaban J connectivity index is 1.95. The van der Waals surface area contributed by atoms with Gasteiger partial charge < -0.3 is 5.11 Å². The maximum atomic E-state index is 12.9. The fourth-order valence-electron chi connectivity index (χ4n) is 3.25. The second-order valence-corrected chi connectivity index (χ2v) is 7.65. The maximum Gasteiger partial charge on any atom is 0.301 e. The molecule has 0 bridgehead atoms. The topological polar surface area (TPSA) is 114 Å². The summed E-state index contributed by atoms with van der Waals surface area (Å²) in [6, 6.07) is 10.6. The summed E-state index contributed by atoms with van der Waals surface area (Å²) in [7, 11) is 0. The molecule has 4 rings (SSSR count). The molecule has 0 aliphatic carbocycles. The van der Waals surface area contributed by atoms with E-state index < -0.39 is 28.4 Å².